The van der Waals surface area contributed by atoms with Gasteiger partial charge in [-0.25, -0.2) is 18.0 Å². The van der Waals surface area contributed by atoms with Gasteiger partial charge < -0.3 is 40.4 Å². The molecule has 7 atom stereocenters. The Labute approximate surface area is 282 Å². The molecular formula is C34H48N4O9S. The van der Waals surface area contributed by atoms with Gasteiger partial charge >= 0.3 is 12.2 Å². The molecule has 2 heterocycles. The zero-order valence-electron chi connectivity index (χ0n) is 27.7. The molecule has 0 radical (unpaired) electrons. The lowest BCUT2D eigenvalue weighted by Gasteiger charge is -2.35. The molecule has 3 aliphatic rings. The van der Waals surface area contributed by atoms with Gasteiger partial charge in [0.15, 0.2) is 6.29 Å². The number of carbonyl (C=O) groups excluding carboxylic acids is 2. The van der Waals surface area contributed by atoms with E-state index in [0.29, 0.717) is 31.7 Å². The van der Waals surface area contributed by atoms with Crippen molar-refractivity contribution in [2.24, 2.45) is 23.2 Å². The van der Waals surface area contributed by atoms with Crippen LogP contribution >= 0.6 is 0 Å². The number of nitrogen functional groups attached to an aromatic ring is 1. The minimum absolute atomic E-state index is 0.0290. The van der Waals surface area contributed by atoms with Gasteiger partial charge in [-0.15, -0.1) is 0 Å². The zero-order chi connectivity index (χ0) is 34.5. The summed E-state index contributed by atoms with van der Waals surface area (Å²) in [6.07, 6.45) is -1.00. The fourth-order valence-corrected chi connectivity index (χ4v) is 8.67. The standard InChI is InChI=1S/C34H48N4O9S/c1-34(2,14-7-15-44-32(40)36-3)21-38(48(42,43)25-12-10-24(35)11-13-25)18-29(39)28(16-22-8-5-4-6-9-22)37-33(41)47-30-23-17-26-27(30)20-46-31(26)45-19-23/h4-6,8-13,23,26-31,39H,7,14-21,35H2,1-3H3,(H,36,40)(H,37,41)/t23?,26?,27?,28-,29+,30?,31?/m0/s1. The number of fused-ring (bicyclic) bond motifs is 1. The van der Waals surface area contributed by atoms with Crippen molar-refractivity contribution in [1.82, 2.24) is 14.9 Å². The smallest absolute Gasteiger partial charge is 0.407 e. The number of anilines is 1. The van der Waals surface area contributed by atoms with Crippen molar-refractivity contribution < 1.29 is 42.1 Å². The number of carbonyl (C=O) groups is 2. The van der Waals surface area contributed by atoms with E-state index in [0.717, 1.165) is 12.0 Å². The van der Waals surface area contributed by atoms with E-state index in [4.69, 9.17) is 24.7 Å². The predicted octanol–water partition coefficient (Wildman–Crippen LogP) is 3.13. The maximum atomic E-state index is 14.1. The third-order valence-electron chi connectivity index (χ3n) is 9.55. The molecule has 2 bridgehead atoms. The highest BCUT2D eigenvalue weighted by Crippen LogP contribution is 2.49. The van der Waals surface area contributed by atoms with Gasteiger partial charge in [-0.3, -0.25) is 0 Å². The Morgan fingerprint density at radius 2 is 1.77 bits per heavy atom. The van der Waals surface area contributed by atoms with Crippen LogP contribution < -0.4 is 16.4 Å². The summed E-state index contributed by atoms with van der Waals surface area (Å²) in [4.78, 5) is 25.0. The molecular weight excluding hydrogens is 640 g/mol. The molecule has 0 spiro atoms. The van der Waals surface area contributed by atoms with Crippen LogP contribution in [0.15, 0.2) is 59.5 Å². The van der Waals surface area contributed by atoms with Gasteiger partial charge in [0.1, 0.15) is 6.10 Å². The first-order valence-electron chi connectivity index (χ1n) is 16.5. The molecule has 1 saturated carbocycles. The van der Waals surface area contributed by atoms with Crippen LogP contribution in [0, 0.1) is 23.2 Å². The summed E-state index contributed by atoms with van der Waals surface area (Å²) >= 11 is 0. The number of alkyl carbamates (subject to hydrolysis) is 2. The Kier molecular flexibility index (Phi) is 11.5. The van der Waals surface area contributed by atoms with E-state index in [1.165, 1.54) is 35.6 Å². The third-order valence-corrected chi connectivity index (χ3v) is 11.4. The van der Waals surface area contributed by atoms with Crippen molar-refractivity contribution in [2.75, 3.05) is 45.7 Å². The Morgan fingerprint density at radius 3 is 2.48 bits per heavy atom. The Bertz CT molecular complexity index is 1490. The fourth-order valence-electron chi connectivity index (χ4n) is 7.03. The monoisotopic (exact) mass is 688 g/mol. The van der Waals surface area contributed by atoms with Crippen LogP contribution in [0.25, 0.3) is 0 Å². The minimum Gasteiger partial charge on any atom is -0.450 e. The number of benzene rings is 2. The number of nitrogens with one attached hydrogen (secondary N) is 2. The van der Waals surface area contributed by atoms with Crippen LogP contribution in [0.2, 0.25) is 0 Å². The molecule has 264 valence electrons. The second kappa shape index (κ2) is 15.4. The SMILES string of the molecule is CNC(=O)OCCCC(C)(C)CN(C[C@@H](O)[C@H](Cc1ccccc1)NC(=O)OC1C2COC3OCC1C3C2)S(=O)(=O)c1ccc(N)cc1. The first kappa shape index (κ1) is 35.9. The number of hydrogen-bond donors (Lipinski definition) is 4. The van der Waals surface area contributed by atoms with Gasteiger partial charge in [-0.1, -0.05) is 44.2 Å². The maximum Gasteiger partial charge on any atom is 0.407 e. The van der Waals surface area contributed by atoms with Crippen molar-refractivity contribution in [2.45, 2.75) is 69.0 Å². The molecule has 2 saturated heterocycles. The quantitative estimate of drug-likeness (QED) is 0.161. The number of aliphatic hydroxyl groups is 1. The number of hydrogen-bond acceptors (Lipinski definition) is 10. The molecule has 48 heavy (non-hydrogen) atoms. The van der Waals surface area contributed by atoms with Gasteiger partial charge in [-0.2, -0.15) is 4.31 Å². The Hall–Kier alpha value is -3.43. The maximum absolute atomic E-state index is 14.1. The van der Waals surface area contributed by atoms with Gasteiger partial charge in [0.05, 0.1) is 36.9 Å². The predicted molar refractivity (Wildman–Crippen MR) is 177 cm³/mol. The second-order valence-electron chi connectivity index (χ2n) is 13.8. The minimum atomic E-state index is -4.11. The molecule has 5 N–H and O–H groups in total. The van der Waals surface area contributed by atoms with Crippen LogP contribution in [0.3, 0.4) is 0 Å². The van der Waals surface area contributed by atoms with Crippen LogP contribution in [0.5, 0.6) is 0 Å². The van der Waals surface area contributed by atoms with Crippen molar-refractivity contribution in [3.63, 3.8) is 0 Å². The number of nitrogens with two attached hydrogens (primary N) is 1. The van der Waals surface area contributed by atoms with Gasteiger partial charge in [-0.05, 0) is 60.9 Å². The third kappa shape index (κ3) is 8.77. The fraction of sp³-hybridized carbons (Fsp3) is 0.588. The molecule has 0 aromatic heterocycles. The topological polar surface area (TPSA) is 179 Å². The summed E-state index contributed by atoms with van der Waals surface area (Å²) in [5.41, 5.74) is 6.53. The molecule has 3 fully saturated rings. The van der Waals surface area contributed by atoms with Gasteiger partial charge in [0, 0.05) is 43.6 Å². The van der Waals surface area contributed by atoms with E-state index >= 15 is 0 Å². The van der Waals surface area contributed by atoms with Crippen LogP contribution in [-0.4, -0.2) is 94.5 Å². The van der Waals surface area contributed by atoms with E-state index in [9.17, 15) is 23.1 Å². The van der Waals surface area contributed by atoms with Crippen molar-refractivity contribution in [1.29, 1.82) is 0 Å². The number of rotatable bonds is 15. The summed E-state index contributed by atoms with van der Waals surface area (Å²) in [5, 5.41) is 17.0. The van der Waals surface area contributed by atoms with Crippen LogP contribution in [-0.2, 0) is 35.4 Å². The molecule has 5 unspecified atom stereocenters. The van der Waals surface area contributed by atoms with Crippen molar-refractivity contribution >= 4 is 27.9 Å². The summed E-state index contributed by atoms with van der Waals surface area (Å²) in [7, 11) is -2.64. The number of amides is 2. The molecule has 2 aliphatic heterocycles. The highest BCUT2D eigenvalue weighted by atomic mass is 32.2. The number of sulfonamides is 1. The Morgan fingerprint density at radius 1 is 1.06 bits per heavy atom. The average Bonchev–Trinajstić information content (AvgIpc) is 3.59. The lowest BCUT2D eigenvalue weighted by molar-refractivity contribution is -0.169. The van der Waals surface area contributed by atoms with E-state index in [1.807, 2.05) is 44.2 Å². The highest BCUT2D eigenvalue weighted by Gasteiger charge is 2.56. The Balaban J connectivity index is 1.34. The molecule has 2 amide bonds. The van der Waals surface area contributed by atoms with Crippen molar-refractivity contribution in [3.8, 4) is 0 Å². The lowest BCUT2D eigenvalue weighted by atomic mass is 9.87. The first-order valence-corrected chi connectivity index (χ1v) is 17.9. The number of aliphatic hydroxyl groups excluding tert-OH is 1. The summed E-state index contributed by atoms with van der Waals surface area (Å²) in [5.74, 6) is 0.321. The van der Waals surface area contributed by atoms with Crippen LogP contribution in [0.4, 0.5) is 15.3 Å². The molecule has 5 rings (SSSR count). The van der Waals surface area contributed by atoms with Crippen molar-refractivity contribution in [3.05, 3.63) is 60.2 Å². The molecule has 13 nitrogen and oxygen atoms in total. The highest BCUT2D eigenvalue weighted by molar-refractivity contribution is 7.89. The average molecular weight is 689 g/mol. The molecule has 1 aliphatic carbocycles. The lowest BCUT2D eigenvalue weighted by Crippen LogP contribution is -2.52. The molecule has 14 heteroatoms. The summed E-state index contributed by atoms with van der Waals surface area (Å²) in [6, 6.07) is 14.4. The number of nitrogens with zero attached hydrogens (tertiary/aromatic N) is 1. The normalized spacial score (nSPS) is 24.6. The second-order valence-corrected chi connectivity index (χ2v) is 15.7. The van der Waals surface area contributed by atoms with Gasteiger partial charge in [0.2, 0.25) is 10.0 Å². The largest absolute Gasteiger partial charge is 0.450 e. The molecule has 2 aromatic carbocycles. The van der Waals surface area contributed by atoms with E-state index < -0.39 is 39.8 Å². The van der Waals surface area contributed by atoms with E-state index in [2.05, 4.69) is 10.6 Å². The summed E-state index contributed by atoms with van der Waals surface area (Å²) in [6.45, 7) is 4.67. The number of ether oxygens (including phenoxy) is 4. The summed E-state index contributed by atoms with van der Waals surface area (Å²) < 4.78 is 52.1. The zero-order valence-corrected chi connectivity index (χ0v) is 28.6. The van der Waals surface area contributed by atoms with Gasteiger partial charge in [0.25, 0.3) is 0 Å². The van der Waals surface area contributed by atoms with E-state index in [-0.39, 0.29) is 61.2 Å². The molecule has 2 aromatic rings. The first-order chi connectivity index (χ1) is 22.9. The van der Waals surface area contributed by atoms with E-state index in [1.54, 1.807) is 0 Å². The van der Waals surface area contributed by atoms with Crippen LogP contribution in [0.1, 0.15) is 38.7 Å².